The van der Waals surface area contributed by atoms with Crippen molar-refractivity contribution in [1.29, 1.82) is 0 Å². The van der Waals surface area contributed by atoms with E-state index in [1.807, 2.05) is 25.1 Å². The molecule has 0 spiro atoms. The fourth-order valence-corrected chi connectivity index (χ4v) is 11.1. The maximum Gasteiger partial charge on any atom is 0.327 e. The molecular formula is C70H64Cl2N10O12. The quantitative estimate of drug-likeness (QED) is 0.0598. The molecule has 8 aromatic carbocycles. The number of carbonyl (C=O) groups excluding carboxylic acids is 5. The SMILES string of the molecule is C.COc1ccc(N(C(=O)Nc2ccccc2)C(C)c2nc3ccc(Cl)cc3c(=O)n2CCN2C(=O)c3ccccc3C2=O)c(OC)c1.COc1ccc(NC(C)c2nc3ccc(Cl)cc3c(=O)n2CCN2C(=O)c3ccccc3C2=O)c(OC)c1.O=Nc1ccccc1. The van der Waals surface area contributed by atoms with Gasteiger partial charge in [-0.25, -0.2) is 14.8 Å². The second kappa shape index (κ2) is 29.8. The van der Waals surface area contributed by atoms with E-state index in [1.54, 1.807) is 179 Å². The third-order valence-electron chi connectivity index (χ3n) is 15.4. The number of nitrogens with zero attached hydrogens (tertiary/aromatic N) is 8. The molecule has 0 fully saturated rings. The van der Waals surface area contributed by atoms with E-state index in [9.17, 15) is 38.5 Å². The summed E-state index contributed by atoms with van der Waals surface area (Å²) in [6, 6.07) is 49.1. The van der Waals surface area contributed by atoms with Gasteiger partial charge in [0, 0.05) is 54.0 Å². The summed E-state index contributed by atoms with van der Waals surface area (Å²) in [6.45, 7) is 3.46. The third-order valence-corrected chi connectivity index (χ3v) is 15.9. The van der Waals surface area contributed by atoms with Gasteiger partial charge >= 0.3 is 6.03 Å². The van der Waals surface area contributed by atoms with Crippen molar-refractivity contribution in [2.45, 2.75) is 46.4 Å². The van der Waals surface area contributed by atoms with Crippen LogP contribution in [0, 0.1) is 4.91 Å². The average molecular weight is 1310 g/mol. The molecule has 10 aromatic rings. The van der Waals surface area contributed by atoms with Gasteiger partial charge in [0.05, 0.1) is 96.0 Å². The molecule has 2 aliphatic rings. The minimum Gasteiger partial charge on any atom is -0.497 e. The number of anilines is 3. The number of hydrogen-bond donors (Lipinski definition) is 2. The second-order valence-corrected chi connectivity index (χ2v) is 21.9. The van der Waals surface area contributed by atoms with Crippen molar-refractivity contribution in [3.63, 3.8) is 0 Å². The lowest BCUT2D eigenvalue weighted by Gasteiger charge is -2.32. The van der Waals surface area contributed by atoms with Crippen molar-refractivity contribution in [1.82, 2.24) is 28.9 Å². The Bertz CT molecular complexity index is 4580. The van der Waals surface area contributed by atoms with Gasteiger partial charge in [-0.15, -0.1) is 4.91 Å². The van der Waals surface area contributed by atoms with Crippen molar-refractivity contribution < 1.29 is 42.9 Å². The number of amides is 6. The van der Waals surface area contributed by atoms with Crippen molar-refractivity contribution in [2.24, 2.45) is 5.18 Å². The highest BCUT2D eigenvalue weighted by Crippen LogP contribution is 2.38. The Labute approximate surface area is 549 Å². The first-order chi connectivity index (χ1) is 45.0. The predicted molar refractivity (Wildman–Crippen MR) is 362 cm³/mol. The molecule has 0 aliphatic carbocycles. The molecule has 0 saturated heterocycles. The Kier molecular flexibility index (Phi) is 21.3. The maximum atomic E-state index is 14.1. The molecule has 22 nitrogen and oxygen atoms in total. The monoisotopic (exact) mass is 1310 g/mol. The van der Waals surface area contributed by atoms with E-state index in [2.05, 4.69) is 15.8 Å². The minimum absolute atomic E-state index is 0. The van der Waals surface area contributed by atoms with E-state index in [0.29, 0.717) is 100 Å². The number of benzene rings is 8. The summed E-state index contributed by atoms with van der Waals surface area (Å²) in [5, 5.41) is 10.3. The Morgan fingerprint density at radius 2 is 0.957 bits per heavy atom. The number of para-hydroxylation sites is 1. The van der Waals surface area contributed by atoms with Crippen molar-refractivity contribution in [3.8, 4) is 23.0 Å². The molecule has 94 heavy (non-hydrogen) atoms. The Hall–Kier alpha value is -11.2. The summed E-state index contributed by atoms with van der Waals surface area (Å²) in [5.41, 5.74) is 3.49. The predicted octanol–water partition coefficient (Wildman–Crippen LogP) is 13.4. The van der Waals surface area contributed by atoms with Crippen LogP contribution in [-0.2, 0) is 13.1 Å². The normalized spacial score (nSPS) is 12.7. The number of urea groups is 1. The highest BCUT2D eigenvalue weighted by Gasteiger charge is 2.37. The van der Waals surface area contributed by atoms with Crippen LogP contribution in [0.4, 0.5) is 27.5 Å². The van der Waals surface area contributed by atoms with Gasteiger partial charge in [0.2, 0.25) is 0 Å². The first-order valence-corrected chi connectivity index (χ1v) is 29.8. The molecule has 2 aromatic heterocycles. The summed E-state index contributed by atoms with van der Waals surface area (Å²) in [4.78, 5) is 117. The first kappa shape index (κ1) is 67.2. The van der Waals surface area contributed by atoms with E-state index in [4.69, 9.17) is 52.1 Å². The third kappa shape index (κ3) is 14.1. The Morgan fingerprint density at radius 3 is 1.41 bits per heavy atom. The maximum absolute atomic E-state index is 14.1. The van der Waals surface area contributed by atoms with Crippen LogP contribution in [0.2, 0.25) is 10.0 Å². The van der Waals surface area contributed by atoms with Crippen LogP contribution in [0.1, 0.15) is 86.4 Å². The average Bonchev–Trinajstić information content (AvgIpc) is 0.882. The number of aromatic nitrogens is 4. The standard InChI is InChI=1S/C35H30ClN5O6.C28H25ClN4O5.C6H5NO.CH4/c1-21(41(35(45)37-23-9-5-4-6-10-23)29-16-14-24(46-2)20-30(29)47-3)31-38-28-15-13-22(36)19-27(28)34(44)39(31)17-18-40-32(42)25-11-7-8-12-26(25)33(40)43;1-16(30-23-11-9-18(37-2)15-24(23)38-3)25-31-22-10-8-17(29)14-21(22)28(36)32(25)12-13-33-26(34)19-6-4-5-7-20(19)27(33)35;8-7-6-4-2-1-3-5-6;/h4-16,19-21H,17-18H2,1-3H3,(H,37,45);4-11,14-16,30H,12-13H2,1-3H3;1-5H;1H4. The summed E-state index contributed by atoms with van der Waals surface area (Å²) in [6.07, 6.45) is 0. The molecule has 12 rings (SSSR count). The molecule has 2 atom stereocenters. The van der Waals surface area contributed by atoms with Crippen LogP contribution in [-0.4, -0.2) is 100 Å². The van der Waals surface area contributed by atoms with Gasteiger partial charge in [-0.2, -0.15) is 0 Å². The molecule has 6 amide bonds. The van der Waals surface area contributed by atoms with Crippen molar-refractivity contribution >= 4 is 97.4 Å². The van der Waals surface area contributed by atoms with Crippen LogP contribution in [0.3, 0.4) is 0 Å². The fourth-order valence-electron chi connectivity index (χ4n) is 10.8. The summed E-state index contributed by atoms with van der Waals surface area (Å²) in [5.74, 6) is 1.03. The number of halogens is 2. The van der Waals surface area contributed by atoms with Crippen LogP contribution in [0.15, 0.2) is 197 Å². The molecule has 4 heterocycles. The first-order valence-electron chi connectivity index (χ1n) is 29.0. The second-order valence-electron chi connectivity index (χ2n) is 21.0. The number of rotatable bonds is 18. The van der Waals surface area contributed by atoms with Gasteiger partial charge in [0.15, 0.2) is 0 Å². The molecule has 0 saturated carbocycles. The largest absolute Gasteiger partial charge is 0.497 e. The van der Waals surface area contributed by atoms with Crippen LogP contribution in [0.5, 0.6) is 23.0 Å². The number of fused-ring (bicyclic) bond motifs is 4. The zero-order chi connectivity index (χ0) is 66.0. The molecule has 2 N–H and O–H groups in total. The van der Waals surface area contributed by atoms with E-state index in [0.717, 1.165) is 9.80 Å². The van der Waals surface area contributed by atoms with E-state index >= 15 is 0 Å². The summed E-state index contributed by atoms with van der Waals surface area (Å²) in [7, 11) is 6.13. The number of nitroso groups, excluding NO2 is 1. The number of nitrogens with one attached hydrogen (secondary N) is 2. The van der Waals surface area contributed by atoms with Crippen LogP contribution < -0.4 is 45.6 Å². The number of ether oxygens (including phenoxy) is 4. The lowest BCUT2D eigenvalue weighted by Crippen LogP contribution is -2.42. The molecule has 2 aliphatic heterocycles. The number of carbonyl (C=O) groups is 5. The van der Waals surface area contributed by atoms with Gasteiger partial charge in [-0.1, -0.05) is 91.3 Å². The smallest absolute Gasteiger partial charge is 0.327 e. The Balaban J connectivity index is 0.000000199. The highest BCUT2D eigenvalue weighted by atomic mass is 35.5. The van der Waals surface area contributed by atoms with E-state index in [-0.39, 0.29) is 62.2 Å². The number of imide groups is 2. The summed E-state index contributed by atoms with van der Waals surface area (Å²) < 4.78 is 24.7. The summed E-state index contributed by atoms with van der Waals surface area (Å²) >= 11 is 12.4. The molecule has 0 radical (unpaired) electrons. The van der Waals surface area contributed by atoms with Crippen LogP contribution in [0.25, 0.3) is 21.8 Å². The fraction of sp³-hybridized carbons (Fsp3) is 0.186. The van der Waals surface area contributed by atoms with E-state index < -0.39 is 35.5 Å². The highest BCUT2D eigenvalue weighted by molar-refractivity contribution is 6.31. The zero-order valence-corrected chi connectivity index (χ0v) is 52.5. The molecule has 2 unspecified atom stereocenters. The van der Waals surface area contributed by atoms with Gasteiger partial charge in [-0.3, -0.25) is 52.6 Å². The number of methoxy groups -OCH3 is 4. The van der Waals surface area contributed by atoms with E-state index in [1.165, 1.54) is 34.3 Å². The number of hydrogen-bond acceptors (Lipinski definition) is 16. The minimum atomic E-state index is -0.879. The molecule has 480 valence electrons. The zero-order valence-electron chi connectivity index (χ0n) is 51.0. The molecule has 0 bridgehead atoms. The topological polar surface area (TPSA) is 255 Å². The molecular weight excluding hydrogens is 1240 g/mol. The lowest BCUT2D eigenvalue weighted by molar-refractivity contribution is 0.0632. The van der Waals surface area contributed by atoms with Gasteiger partial charge < -0.3 is 29.6 Å². The van der Waals surface area contributed by atoms with Crippen molar-refractivity contribution in [2.75, 3.05) is 57.1 Å². The van der Waals surface area contributed by atoms with Gasteiger partial charge in [0.1, 0.15) is 40.3 Å². The van der Waals surface area contributed by atoms with Crippen molar-refractivity contribution in [3.05, 3.63) is 252 Å². The molecule has 24 heteroatoms. The van der Waals surface area contributed by atoms with Gasteiger partial charge in [-0.05, 0) is 128 Å². The lowest BCUT2D eigenvalue weighted by atomic mass is 10.1. The van der Waals surface area contributed by atoms with Crippen LogP contribution >= 0.6 is 23.2 Å². The Morgan fingerprint density at radius 1 is 0.521 bits per heavy atom. The van der Waals surface area contributed by atoms with Gasteiger partial charge in [0.25, 0.3) is 34.7 Å².